The fourth-order valence-corrected chi connectivity index (χ4v) is 1.87. The Hall–Kier alpha value is -2.60. The molecule has 0 spiro atoms. The van der Waals surface area contributed by atoms with Gasteiger partial charge >= 0.3 is 0 Å². The molecule has 2 aromatic heterocycles. The highest BCUT2D eigenvalue weighted by atomic mass is 16.4. The highest BCUT2D eigenvalue weighted by molar-refractivity contribution is 5.48. The van der Waals surface area contributed by atoms with Gasteiger partial charge in [0.2, 0.25) is 0 Å². The maximum atomic E-state index is 8.93. The summed E-state index contributed by atoms with van der Waals surface area (Å²) in [4.78, 5) is 3.91. The Morgan fingerprint density at radius 2 is 1.90 bits per heavy atom. The first kappa shape index (κ1) is 12.4. The standard InChI is InChI=1S/C14H14N4O2/c19-8-14-6-5-13(20-14)7-16-11-1-3-12(4-2-11)18-10-15-9-17-18/h1-6,9-10,16,19H,7-8H2. The lowest BCUT2D eigenvalue weighted by Crippen LogP contribution is -1.99. The van der Waals surface area contributed by atoms with Crippen LogP contribution in [0.25, 0.3) is 5.69 Å². The molecule has 0 bridgehead atoms. The van der Waals surface area contributed by atoms with Crippen molar-refractivity contribution < 1.29 is 9.52 Å². The summed E-state index contributed by atoms with van der Waals surface area (Å²) >= 11 is 0. The van der Waals surface area contributed by atoms with Gasteiger partial charge in [0.25, 0.3) is 0 Å². The molecule has 1 aromatic carbocycles. The first-order valence-electron chi connectivity index (χ1n) is 6.22. The highest BCUT2D eigenvalue weighted by Gasteiger charge is 2.01. The van der Waals surface area contributed by atoms with Crippen molar-refractivity contribution in [3.8, 4) is 5.69 Å². The first-order chi connectivity index (χ1) is 9.85. The molecular formula is C14H14N4O2. The molecule has 20 heavy (non-hydrogen) atoms. The molecule has 0 aliphatic rings. The molecule has 3 rings (SSSR count). The molecule has 2 heterocycles. The summed E-state index contributed by atoms with van der Waals surface area (Å²) in [6.45, 7) is 0.495. The third-order valence-electron chi connectivity index (χ3n) is 2.89. The van der Waals surface area contributed by atoms with E-state index in [-0.39, 0.29) is 6.61 Å². The van der Waals surface area contributed by atoms with Gasteiger partial charge in [0.1, 0.15) is 30.8 Å². The predicted octanol–water partition coefficient (Wildman–Crippen LogP) is 1.96. The van der Waals surface area contributed by atoms with Gasteiger partial charge in [-0.3, -0.25) is 0 Å². The molecular weight excluding hydrogens is 256 g/mol. The molecule has 2 N–H and O–H groups in total. The van der Waals surface area contributed by atoms with Crippen molar-refractivity contribution in [2.24, 2.45) is 0 Å². The largest absolute Gasteiger partial charge is 0.462 e. The quantitative estimate of drug-likeness (QED) is 0.741. The number of rotatable bonds is 5. The summed E-state index contributed by atoms with van der Waals surface area (Å²) < 4.78 is 7.10. The van der Waals surface area contributed by atoms with Gasteiger partial charge in [-0.15, -0.1) is 0 Å². The van der Waals surface area contributed by atoms with Crippen molar-refractivity contribution in [2.75, 3.05) is 5.32 Å². The Labute approximate surface area is 115 Å². The van der Waals surface area contributed by atoms with E-state index in [1.54, 1.807) is 17.1 Å². The maximum Gasteiger partial charge on any atom is 0.138 e. The molecule has 0 radical (unpaired) electrons. The van der Waals surface area contributed by atoms with Crippen LogP contribution in [0.3, 0.4) is 0 Å². The maximum absolute atomic E-state index is 8.93. The zero-order valence-corrected chi connectivity index (χ0v) is 10.7. The van der Waals surface area contributed by atoms with Crippen LogP contribution in [-0.4, -0.2) is 19.9 Å². The second kappa shape index (κ2) is 5.58. The molecule has 6 nitrogen and oxygen atoms in total. The molecule has 0 amide bonds. The molecule has 0 unspecified atom stereocenters. The second-order valence-corrected chi connectivity index (χ2v) is 4.27. The van der Waals surface area contributed by atoms with Gasteiger partial charge in [-0.25, -0.2) is 9.67 Å². The predicted molar refractivity (Wildman–Crippen MR) is 73.3 cm³/mol. The molecule has 0 fully saturated rings. The normalized spacial score (nSPS) is 10.7. The van der Waals surface area contributed by atoms with E-state index in [2.05, 4.69) is 15.4 Å². The van der Waals surface area contributed by atoms with Gasteiger partial charge in [0.05, 0.1) is 12.2 Å². The Kier molecular flexibility index (Phi) is 3.47. The fourth-order valence-electron chi connectivity index (χ4n) is 1.87. The van der Waals surface area contributed by atoms with Crippen LogP contribution in [0.5, 0.6) is 0 Å². The summed E-state index contributed by atoms with van der Waals surface area (Å²) in [5.41, 5.74) is 1.93. The third-order valence-corrected chi connectivity index (χ3v) is 2.89. The number of nitrogens with zero attached hydrogens (tertiary/aromatic N) is 3. The first-order valence-corrected chi connectivity index (χ1v) is 6.22. The number of anilines is 1. The smallest absolute Gasteiger partial charge is 0.138 e. The summed E-state index contributed by atoms with van der Waals surface area (Å²) in [6, 6.07) is 11.5. The van der Waals surface area contributed by atoms with Crippen molar-refractivity contribution in [1.29, 1.82) is 0 Å². The number of aliphatic hydroxyl groups is 1. The average molecular weight is 270 g/mol. The van der Waals surface area contributed by atoms with E-state index in [1.807, 2.05) is 30.3 Å². The van der Waals surface area contributed by atoms with Crippen molar-refractivity contribution in [1.82, 2.24) is 14.8 Å². The van der Waals surface area contributed by atoms with E-state index in [9.17, 15) is 0 Å². The Bertz CT molecular complexity index is 659. The zero-order chi connectivity index (χ0) is 13.8. The van der Waals surface area contributed by atoms with Crippen LogP contribution in [-0.2, 0) is 13.2 Å². The summed E-state index contributed by atoms with van der Waals surface area (Å²) in [6.07, 6.45) is 3.16. The van der Waals surface area contributed by atoms with Crippen molar-refractivity contribution in [2.45, 2.75) is 13.2 Å². The summed E-state index contributed by atoms with van der Waals surface area (Å²) in [5, 5.41) is 16.2. The highest BCUT2D eigenvalue weighted by Crippen LogP contribution is 2.14. The van der Waals surface area contributed by atoms with Crippen LogP contribution in [0.2, 0.25) is 0 Å². The lowest BCUT2D eigenvalue weighted by atomic mass is 10.3. The van der Waals surface area contributed by atoms with Gasteiger partial charge in [-0.2, -0.15) is 5.10 Å². The summed E-state index contributed by atoms with van der Waals surface area (Å²) in [7, 11) is 0. The van der Waals surface area contributed by atoms with E-state index >= 15 is 0 Å². The average Bonchev–Trinajstić information content (AvgIpc) is 3.17. The molecule has 0 aliphatic heterocycles. The van der Waals surface area contributed by atoms with Crippen LogP contribution in [0.15, 0.2) is 53.5 Å². The second-order valence-electron chi connectivity index (χ2n) is 4.27. The number of furan rings is 1. The lowest BCUT2D eigenvalue weighted by Gasteiger charge is -2.06. The Morgan fingerprint density at radius 3 is 2.55 bits per heavy atom. The third kappa shape index (κ3) is 2.70. The Morgan fingerprint density at radius 1 is 1.10 bits per heavy atom. The van der Waals surface area contributed by atoms with Gasteiger partial charge in [-0.1, -0.05) is 0 Å². The van der Waals surface area contributed by atoms with Crippen LogP contribution in [0.1, 0.15) is 11.5 Å². The van der Waals surface area contributed by atoms with Crippen molar-refractivity contribution in [3.05, 3.63) is 60.6 Å². The monoisotopic (exact) mass is 270 g/mol. The van der Waals surface area contributed by atoms with E-state index in [4.69, 9.17) is 9.52 Å². The topological polar surface area (TPSA) is 76.1 Å². The van der Waals surface area contributed by atoms with Crippen LogP contribution < -0.4 is 5.32 Å². The molecule has 0 atom stereocenters. The van der Waals surface area contributed by atoms with Crippen LogP contribution in [0, 0.1) is 0 Å². The van der Waals surface area contributed by atoms with E-state index in [0.717, 1.165) is 17.1 Å². The number of benzene rings is 1. The SMILES string of the molecule is OCc1ccc(CNc2ccc(-n3cncn3)cc2)o1. The van der Waals surface area contributed by atoms with E-state index in [1.165, 1.54) is 6.33 Å². The zero-order valence-electron chi connectivity index (χ0n) is 10.7. The van der Waals surface area contributed by atoms with Gasteiger partial charge in [0, 0.05) is 5.69 Å². The molecule has 0 saturated heterocycles. The summed E-state index contributed by atoms with van der Waals surface area (Å²) in [5.74, 6) is 1.36. The minimum atomic E-state index is -0.0768. The van der Waals surface area contributed by atoms with Gasteiger partial charge in [0.15, 0.2) is 0 Å². The number of nitrogens with one attached hydrogen (secondary N) is 1. The van der Waals surface area contributed by atoms with E-state index in [0.29, 0.717) is 12.3 Å². The molecule has 6 heteroatoms. The number of aliphatic hydroxyl groups excluding tert-OH is 1. The van der Waals surface area contributed by atoms with Crippen molar-refractivity contribution in [3.63, 3.8) is 0 Å². The fraction of sp³-hybridized carbons (Fsp3) is 0.143. The Balaban J connectivity index is 1.63. The molecule has 0 saturated carbocycles. The minimum absolute atomic E-state index is 0.0768. The molecule has 3 aromatic rings. The number of hydrogen-bond donors (Lipinski definition) is 2. The number of hydrogen-bond acceptors (Lipinski definition) is 5. The van der Waals surface area contributed by atoms with Crippen LogP contribution >= 0.6 is 0 Å². The lowest BCUT2D eigenvalue weighted by molar-refractivity contribution is 0.244. The van der Waals surface area contributed by atoms with Gasteiger partial charge < -0.3 is 14.8 Å². The van der Waals surface area contributed by atoms with E-state index < -0.39 is 0 Å². The number of aromatic nitrogens is 3. The minimum Gasteiger partial charge on any atom is -0.462 e. The molecule has 102 valence electrons. The van der Waals surface area contributed by atoms with Crippen molar-refractivity contribution >= 4 is 5.69 Å². The molecule has 0 aliphatic carbocycles. The van der Waals surface area contributed by atoms with Gasteiger partial charge in [-0.05, 0) is 36.4 Å². The van der Waals surface area contributed by atoms with Crippen LogP contribution in [0.4, 0.5) is 5.69 Å².